The largest absolute Gasteiger partial charge is 0.421 e. The SMILES string of the molecule is CN1C2CCC1CC(c1ccc(N3C(=S)N(c4ccnc(C#N)c4C(F)(F)F)C(=O)C34CCC4)cc1)C2. The highest BCUT2D eigenvalue weighted by Gasteiger charge is 2.60. The fraction of sp³-hybridized carbons (Fsp3) is 0.481. The maximum atomic E-state index is 14.0. The summed E-state index contributed by atoms with van der Waals surface area (Å²) in [5, 5.41) is 9.29. The lowest BCUT2D eigenvalue weighted by Crippen LogP contribution is -2.55. The van der Waals surface area contributed by atoms with Crippen molar-refractivity contribution >= 4 is 34.6 Å². The molecule has 0 N–H and O–H groups in total. The number of fused-ring (bicyclic) bond motifs is 2. The highest BCUT2D eigenvalue weighted by molar-refractivity contribution is 7.81. The summed E-state index contributed by atoms with van der Waals surface area (Å²) in [6, 6.07) is 11.9. The minimum absolute atomic E-state index is 0.00428. The number of halogens is 3. The number of rotatable bonds is 3. The summed E-state index contributed by atoms with van der Waals surface area (Å²) in [5.41, 5.74) is -1.53. The molecule has 1 aliphatic carbocycles. The first kappa shape index (κ1) is 24.3. The molecule has 37 heavy (non-hydrogen) atoms. The van der Waals surface area contributed by atoms with E-state index in [-0.39, 0.29) is 5.11 Å². The Labute approximate surface area is 218 Å². The molecule has 1 saturated carbocycles. The summed E-state index contributed by atoms with van der Waals surface area (Å²) in [5.74, 6) is -0.0139. The first-order valence-electron chi connectivity index (χ1n) is 12.6. The molecule has 2 aromatic rings. The second-order valence-corrected chi connectivity index (χ2v) is 11.0. The third-order valence-corrected chi connectivity index (χ3v) is 9.24. The molecule has 1 amide bonds. The van der Waals surface area contributed by atoms with Crippen LogP contribution in [0.25, 0.3) is 0 Å². The first-order chi connectivity index (χ1) is 17.7. The highest BCUT2D eigenvalue weighted by atomic mass is 32.1. The van der Waals surface area contributed by atoms with Crippen molar-refractivity contribution in [2.45, 2.75) is 74.7 Å². The van der Waals surface area contributed by atoms with Crippen molar-refractivity contribution in [3.63, 3.8) is 0 Å². The molecule has 0 radical (unpaired) electrons. The number of anilines is 2. The van der Waals surface area contributed by atoms with Crippen LogP contribution in [-0.2, 0) is 11.0 Å². The van der Waals surface area contributed by atoms with Gasteiger partial charge in [-0.05, 0) is 93.9 Å². The Bertz CT molecular complexity index is 1300. The molecule has 10 heteroatoms. The molecule has 1 aromatic heterocycles. The number of alkyl halides is 3. The van der Waals surface area contributed by atoms with Gasteiger partial charge >= 0.3 is 6.18 Å². The second-order valence-electron chi connectivity index (χ2n) is 10.6. The quantitative estimate of drug-likeness (QED) is 0.502. The van der Waals surface area contributed by atoms with Gasteiger partial charge in [-0.15, -0.1) is 0 Å². The number of benzene rings is 1. The number of carbonyl (C=O) groups excluding carboxylic acids is 1. The molecule has 2 bridgehead atoms. The molecule has 6 rings (SSSR count). The Hall–Kier alpha value is -3.03. The minimum atomic E-state index is -4.88. The van der Waals surface area contributed by atoms with Gasteiger partial charge in [-0.2, -0.15) is 18.4 Å². The molecule has 192 valence electrons. The van der Waals surface area contributed by atoms with Crippen LogP contribution in [-0.4, -0.2) is 45.6 Å². The van der Waals surface area contributed by atoms with Gasteiger partial charge in [0, 0.05) is 24.0 Å². The number of hydrogen-bond donors (Lipinski definition) is 0. The van der Waals surface area contributed by atoms with Gasteiger partial charge in [0.2, 0.25) is 0 Å². The summed E-state index contributed by atoms with van der Waals surface area (Å²) in [6.07, 6.45) is 2.73. The van der Waals surface area contributed by atoms with Gasteiger partial charge < -0.3 is 9.80 Å². The third-order valence-electron chi connectivity index (χ3n) is 8.87. The van der Waals surface area contributed by atoms with Gasteiger partial charge in [0.15, 0.2) is 10.8 Å². The normalized spacial score (nSPS) is 27.1. The Morgan fingerprint density at radius 1 is 1.11 bits per heavy atom. The van der Waals surface area contributed by atoms with Crippen LogP contribution in [0.1, 0.15) is 67.7 Å². The van der Waals surface area contributed by atoms with Crippen LogP contribution in [0.5, 0.6) is 0 Å². The summed E-state index contributed by atoms with van der Waals surface area (Å²) in [4.78, 5) is 22.5. The van der Waals surface area contributed by atoms with Crippen LogP contribution < -0.4 is 9.80 Å². The lowest BCUT2D eigenvalue weighted by atomic mass is 9.75. The molecular formula is C27H26F3N5OS. The molecule has 4 aliphatic rings. The van der Waals surface area contributed by atoms with Gasteiger partial charge in [-0.3, -0.25) is 9.69 Å². The van der Waals surface area contributed by atoms with Gasteiger partial charge in [0.1, 0.15) is 17.2 Å². The smallest absolute Gasteiger partial charge is 0.303 e. The molecular weight excluding hydrogens is 499 g/mol. The fourth-order valence-corrected chi connectivity index (χ4v) is 7.24. The van der Waals surface area contributed by atoms with Crippen molar-refractivity contribution in [1.29, 1.82) is 5.26 Å². The number of carbonyl (C=O) groups is 1. The Balaban J connectivity index is 1.35. The average molecular weight is 526 g/mol. The van der Waals surface area contributed by atoms with Crippen LogP contribution in [0.4, 0.5) is 24.5 Å². The molecule has 1 spiro atoms. The summed E-state index contributed by atoms with van der Waals surface area (Å²) in [7, 11) is 2.21. The Morgan fingerprint density at radius 2 is 1.76 bits per heavy atom. The zero-order valence-corrected chi connectivity index (χ0v) is 21.1. The van der Waals surface area contributed by atoms with Gasteiger partial charge in [-0.1, -0.05) is 12.1 Å². The molecule has 4 fully saturated rings. The second kappa shape index (κ2) is 8.50. The van der Waals surface area contributed by atoms with E-state index in [1.807, 2.05) is 12.1 Å². The van der Waals surface area contributed by atoms with Crippen LogP contribution in [0, 0.1) is 11.3 Å². The molecule has 2 unspecified atom stereocenters. The molecule has 3 aliphatic heterocycles. The van der Waals surface area contributed by atoms with E-state index in [2.05, 4.69) is 29.1 Å². The zero-order valence-electron chi connectivity index (χ0n) is 20.3. The Morgan fingerprint density at radius 3 is 2.30 bits per heavy atom. The topological polar surface area (TPSA) is 63.5 Å². The number of piperidine rings is 1. The standard InChI is InChI=1S/C27H26F3N5OS/c1-33-19-7-8-20(33)14-17(13-19)16-3-5-18(6-4-16)35-25(37)34(24(36)26(35)10-2-11-26)22-9-12-32-21(15-31)23(22)27(28,29)30/h3-6,9,12,17,19-20H,2,7-8,10-11,13-14H2,1H3. The van der Waals surface area contributed by atoms with Crippen molar-refractivity contribution in [1.82, 2.24) is 9.88 Å². The van der Waals surface area contributed by atoms with E-state index in [4.69, 9.17) is 12.2 Å². The molecule has 3 saturated heterocycles. The monoisotopic (exact) mass is 525 g/mol. The van der Waals surface area contributed by atoms with Crippen molar-refractivity contribution in [3.05, 3.63) is 53.3 Å². The van der Waals surface area contributed by atoms with Crippen molar-refractivity contribution in [2.75, 3.05) is 16.8 Å². The minimum Gasteiger partial charge on any atom is -0.303 e. The number of nitrogens with zero attached hydrogens (tertiary/aromatic N) is 5. The van der Waals surface area contributed by atoms with Crippen LogP contribution in [0.2, 0.25) is 0 Å². The van der Waals surface area contributed by atoms with Crippen LogP contribution >= 0.6 is 12.2 Å². The Kier molecular flexibility index (Phi) is 5.58. The van der Waals surface area contributed by atoms with Gasteiger partial charge in [0.25, 0.3) is 5.91 Å². The number of aromatic nitrogens is 1. The van der Waals surface area contributed by atoms with E-state index >= 15 is 0 Å². The number of thiocarbonyl (C=S) groups is 1. The van der Waals surface area contributed by atoms with E-state index in [1.54, 1.807) is 4.90 Å². The van der Waals surface area contributed by atoms with Crippen molar-refractivity contribution in [3.8, 4) is 6.07 Å². The lowest BCUT2D eigenvalue weighted by Gasteiger charge is -2.43. The number of nitriles is 1. The van der Waals surface area contributed by atoms with E-state index in [0.29, 0.717) is 36.5 Å². The average Bonchev–Trinajstić information content (AvgIpc) is 3.18. The van der Waals surface area contributed by atoms with Gasteiger partial charge in [0.05, 0.1) is 5.69 Å². The van der Waals surface area contributed by atoms with Crippen molar-refractivity contribution in [2.24, 2.45) is 0 Å². The lowest BCUT2D eigenvalue weighted by molar-refractivity contribution is -0.137. The third kappa shape index (κ3) is 3.58. The van der Waals surface area contributed by atoms with E-state index in [0.717, 1.165) is 36.4 Å². The van der Waals surface area contributed by atoms with Crippen LogP contribution in [0.3, 0.4) is 0 Å². The van der Waals surface area contributed by atoms with Crippen molar-refractivity contribution < 1.29 is 18.0 Å². The number of hydrogen-bond acceptors (Lipinski definition) is 5. The highest BCUT2D eigenvalue weighted by Crippen LogP contribution is 2.50. The summed E-state index contributed by atoms with van der Waals surface area (Å²) >= 11 is 5.68. The maximum Gasteiger partial charge on any atom is 0.421 e. The van der Waals surface area contributed by atoms with E-state index < -0.39 is 34.6 Å². The molecule has 6 nitrogen and oxygen atoms in total. The molecule has 2 atom stereocenters. The zero-order chi connectivity index (χ0) is 26.1. The first-order valence-corrected chi connectivity index (χ1v) is 13.0. The predicted octanol–water partition coefficient (Wildman–Crippen LogP) is 5.37. The molecule has 1 aromatic carbocycles. The van der Waals surface area contributed by atoms with E-state index in [9.17, 15) is 23.2 Å². The number of pyridine rings is 1. The summed E-state index contributed by atoms with van der Waals surface area (Å²) < 4.78 is 42.1. The fourth-order valence-electron chi connectivity index (χ4n) is 6.77. The summed E-state index contributed by atoms with van der Waals surface area (Å²) in [6.45, 7) is 0. The van der Waals surface area contributed by atoms with Crippen LogP contribution in [0.15, 0.2) is 36.5 Å². The van der Waals surface area contributed by atoms with E-state index in [1.165, 1.54) is 24.5 Å². The number of amides is 1. The van der Waals surface area contributed by atoms with Gasteiger partial charge in [-0.25, -0.2) is 4.98 Å². The molecule has 4 heterocycles. The maximum absolute atomic E-state index is 14.0. The predicted molar refractivity (Wildman–Crippen MR) is 136 cm³/mol.